The van der Waals surface area contributed by atoms with Crippen LogP contribution in [0, 0.1) is 0 Å². The first kappa shape index (κ1) is 14.2. The van der Waals surface area contributed by atoms with E-state index in [0.717, 1.165) is 33.5 Å². The maximum absolute atomic E-state index is 9.68. The van der Waals surface area contributed by atoms with Crippen LogP contribution in [0.4, 0.5) is 5.13 Å². The second-order valence-electron chi connectivity index (χ2n) is 5.64. The smallest absolute Gasteiger partial charge is 0.181 e. The first-order valence-electron chi connectivity index (χ1n) is 7.39. The van der Waals surface area contributed by atoms with E-state index in [4.69, 9.17) is 5.73 Å². The first-order chi connectivity index (χ1) is 11.1. The fourth-order valence-corrected chi connectivity index (χ4v) is 3.54. The molecule has 0 bridgehead atoms. The van der Waals surface area contributed by atoms with Crippen LogP contribution in [-0.4, -0.2) is 19.5 Å². The van der Waals surface area contributed by atoms with E-state index in [1.165, 1.54) is 16.9 Å². The van der Waals surface area contributed by atoms with Gasteiger partial charge in [0.15, 0.2) is 5.13 Å². The van der Waals surface area contributed by atoms with Crippen molar-refractivity contribution in [3.05, 3.63) is 59.5 Å². The Morgan fingerprint density at radius 1 is 1.30 bits per heavy atom. The van der Waals surface area contributed by atoms with Crippen molar-refractivity contribution in [2.45, 2.75) is 19.4 Å². The van der Waals surface area contributed by atoms with Gasteiger partial charge in [-0.15, -0.1) is 0 Å². The Balaban J connectivity index is 1.70. The number of pyridine rings is 1. The van der Waals surface area contributed by atoms with E-state index >= 15 is 0 Å². The number of rotatable bonds is 3. The second-order valence-corrected chi connectivity index (χ2v) is 6.71. The maximum Gasteiger partial charge on any atom is 0.181 e. The van der Waals surface area contributed by atoms with Gasteiger partial charge >= 0.3 is 0 Å². The van der Waals surface area contributed by atoms with Gasteiger partial charge in [0.25, 0.3) is 0 Å². The summed E-state index contributed by atoms with van der Waals surface area (Å²) in [5.41, 5.74) is 10.7. The highest BCUT2D eigenvalue weighted by atomic mass is 32.1. The topological polar surface area (TPSA) is 76.4 Å². The molecule has 1 unspecified atom stereocenters. The standard InChI is InChI=1S/C17H16N4OS/c1-10(22)12-4-5-21-13(9-19-16(21)8-12)6-11-2-3-14-15(7-11)23-17(18)20-14/h2-5,7-10,22H,6H2,1H3,(H2,18,20). The third-order valence-electron chi connectivity index (χ3n) is 3.95. The van der Waals surface area contributed by atoms with Crippen molar-refractivity contribution in [2.24, 2.45) is 0 Å². The zero-order valence-electron chi connectivity index (χ0n) is 12.6. The Morgan fingerprint density at radius 2 is 2.17 bits per heavy atom. The number of aliphatic hydroxyl groups excluding tert-OH is 1. The number of nitrogens with two attached hydrogens (primary N) is 1. The molecule has 0 saturated carbocycles. The minimum absolute atomic E-state index is 0.487. The van der Waals surface area contributed by atoms with E-state index in [0.29, 0.717) is 5.13 Å². The predicted octanol–water partition coefficient (Wildman–Crippen LogP) is 3.17. The molecular formula is C17H16N4OS. The van der Waals surface area contributed by atoms with E-state index in [9.17, 15) is 5.11 Å². The Labute approximate surface area is 137 Å². The molecule has 0 spiro atoms. The quantitative estimate of drug-likeness (QED) is 0.607. The summed E-state index contributed by atoms with van der Waals surface area (Å²) >= 11 is 1.50. The highest BCUT2D eigenvalue weighted by Crippen LogP contribution is 2.26. The third kappa shape index (κ3) is 2.56. The minimum Gasteiger partial charge on any atom is -0.389 e. The maximum atomic E-state index is 9.68. The van der Waals surface area contributed by atoms with Gasteiger partial charge in [-0.2, -0.15) is 0 Å². The molecule has 23 heavy (non-hydrogen) atoms. The number of thiazole rings is 1. The molecule has 3 heterocycles. The largest absolute Gasteiger partial charge is 0.389 e. The number of nitrogen functional groups attached to an aromatic ring is 1. The van der Waals surface area contributed by atoms with E-state index < -0.39 is 6.10 Å². The molecule has 0 aliphatic carbocycles. The van der Waals surface area contributed by atoms with Gasteiger partial charge in [0.2, 0.25) is 0 Å². The van der Waals surface area contributed by atoms with Crippen molar-refractivity contribution in [3.63, 3.8) is 0 Å². The summed E-state index contributed by atoms with van der Waals surface area (Å²) in [6.45, 7) is 1.76. The van der Waals surface area contributed by atoms with Crippen molar-refractivity contribution in [1.29, 1.82) is 0 Å². The van der Waals surface area contributed by atoms with Crippen molar-refractivity contribution in [1.82, 2.24) is 14.4 Å². The van der Waals surface area contributed by atoms with Crippen LogP contribution in [0.5, 0.6) is 0 Å². The van der Waals surface area contributed by atoms with Gasteiger partial charge in [-0.3, -0.25) is 0 Å². The molecule has 0 fully saturated rings. The fourth-order valence-electron chi connectivity index (χ4n) is 2.75. The van der Waals surface area contributed by atoms with Crippen LogP contribution in [0.15, 0.2) is 42.7 Å². The lowest BCUT2D eigenvalue weighted by atomic mass is 10.1. The lowest BCUT2D eigenvalue weighted by Gasteiger charge is -2.06. The van der Waals surface area contributed by atoms with E-state index in [1.807, 2.05) is 30.6 Å². The van der Waals surface area contributed by atoms with E-state index in [2.05, 4.69) is 26.5 Å². The highest BCUT2D eigenvalue weighted by Gasteiger charge is 2.09. The molecule has 1 atom stereocenters. The van der Waals surface area contributed by atoms with Crippen LogP contribution >= 0.6 is 11.3 Å². The zero-order chi connectivity index (χ0) is 16.0. The fraction of sp³-hybridized carbons (Fsp3) is 0.176. The Kier molecular flexibility index (Phi) is 3.28. The molecule has 0 radical (unpaired) electrons. The van der Waals surface area contributed by atoms with Gasteiger partial charge in [-0.05, 0) is 42.3 Å². The molecule has 0 saturated heterocycles. The lowest BCUT2D eigenvalue weighted by Crippen LogP contribution is -1.97. The van der Waals surface area contributed by atoms with Gasteiger partial charge < -0.3 is 15.2 Å². The summed E-state index contributed by atoms with van der Waals surface area (Å²) < 4.78 is 3.15. The second kappa shape index (κ2) is 5.33. The average Bonchev–Trinajstić information content (AvgIpc) is 3.09. The Bertz CT molecular complexity index is 1000. The van der Waals surface area contributed by atoms with Crippen molar-refractivity contribution >= 4 is 32.3 Å². The third-order valence-corrected chi connectivity index (χ3v) is 4.80. The minimum atomic E-state index is -0.487. The molecule has 0 amide bonds. The molecule has 5 nitrogen and oxygen atoms in total. The van der Waals surface area contributed by atoms with Crippen LogP contribution in [0.2, 0.25) is 0 Å². The van der Waals surface area contributed by atoms with Gasteiger partial charge in [0, 0.05) is 24.5 Å². The number of aromatic nitrogens is 3. The number of fused-ring (bicyclic) bond motifs is 2. The van der Waals surface area contributed by atoms with E-state index in [-0.39, 0.29) is 0 Å². The molecule has 1 aromatic carbocycles. The molecule has 4 aromatic rings. The number of aliphatic hydroxyl groups is 1. The molecular weight excluding hydrogens is 308 g/mol. The summed E-state index contributed by atoms with van der Waals surface area (Å²) in [5.74, 6) is 0. The van der Waals surface area contributed by atoms with Crippen molar-refractivity contribution in [3.8, 4) is 0 Å². The summed E-state index contributed by atoms with van der Waals surface area (Å²) in [4.78, 5) is 8.73. The van der Waals surface area contributed by atoms with Crippen LogP contribution < -0.4 is 5.73 Å². The number of hydrogen-bond donors (Lipinski definition) is 2. The number of anilines is 1. The molecule has 6 heteroatoms. The normalized spacial score (nSPS) is 13.0. The molecule has 4 rings (SSSR count). The van der Waals surface area contributed by atoms with Crippen molar-refractivity contribution < 1.29 is 5.11 Å². The number of imidazole rings is 1. The van der Waals surface area contributed by atoms with Gasteiger partial charge in [0.05, 0.1) is 16.3 Å². The molecule has 3 N–H and O–H groups in total. The number of nitrogens with zero attached hydrogens (tertiary/aromatic N) is 3. The first-order valence-corrected chi connectivity index (χ1v) is 8.21. The number of benzene rings is 1. The highest BCUT2D eigenvalue weighted by molar-refractivity contribution is 7.22. The SMILES string of the molecule is CC(O)c1ccn2c(Cc3ccc4nc(N)sc4c3)cnc2c1. The molecule has 3 aromatic heterocycles. The van der Waals surface area contributed by atoms with Gasteiger partial charge in [-0.1, -0.05) is 17.4 Å². The van der Waals surface area contributed by atoms with Crippen LogP contribution in [-0.2, 0) is 6.42 Å². The average molecular weight is 324 g/mol. The summed E-state index contributed by atoms with van der Waals surface area (Å²) in [6.07, 6.45) is 4.14. The summed E-state index contributed by atoms with van der Waals surface area (Å²) in [7, 11) is 0. The van der Waals surface area contributed by atoms with Crippen LogP contribution in [0.3, 0.4) is 0 Å². The molecule has 116 valence electrons. The Hall–Kier alpha value is -2.44. The van der Waals surface area contributed by atoms with Crippen molar-refractivity contribution in [2.75, 3.05) is 5.73 Å². The number of hydrogen-bond acceptors (Lipinski definition) is 5. The van der Waals surface area contributed by atoms with Gasteiger partial charge in [0.1, 0.15) is 5.65 Å². The van der Waals surface area contributed by atoms with Crippen LogP contribution in [0.1, 0.15) is 29.8 Å². The molecule has 0 aliphatic rings. The summed E-state index contributed by atoms with van der Waals surface area (Å²) in [6, 6.07) is 10.1. The van der Waals surface area contributed by atoms with E-state index in [1.54, 1.807) is 6.92 Å². The zero-order valence-corrected chi connectivity index (χ0v) is 13.4. The van der Waals surface area contributed by atoms with Gasteiger partial charge in [-0.25, -0.2) is 9.97 Å². The monoisotopic (exact) mass is 324 g/mol. The summed E-state index contributed by atoms with van der Waals surface area (Å²) in [5, 5.41) is 10.3. The molecule has 0 aliphatic heterocycles. The Morgan fingerprint density at radius 3 is 3.00 bits per heavy atom. The lowest BCUT2D eigenvalue weighted by molar-refractivity contribution is 0.199. The van der Waals surface area contributed by atoms with Crippen LogP contribution in [0.25, 0.3) is 15.9 Å². The predicted molar refractivity (Wildman–Crippen MR) is 92.7 cm³/mol.